The zero-order valence-corrected chi connectivity index (χ0v) is 19.9. The third-order valence-electron chi connectivity index (χ3n) is 8.97. The van der Waals surface area contributed by atoms with Crippen molar-refractivity contribution in [1.29, 1.82) is 0 Å². The fourth-order valence-electron chi connectivity index (χ4n) is 7.24. The van der Waals surface area contributed by atoms with Crippen molar-refractivity contribution >= 4 is 0 Å². The number of nitrogens with zero attached hydrogens (tertiary/aromatic N) is 2. The Morgan fingerprint density at radius 2 is 0.600 bits per heavy atom. The lowest BCUT2D eigenvalue weighted by molar-refractivity contribution is 0.0900. The van der Waals surface area contributed by atoms with Crippen molar-refractivity contribution in [2.75, 3.05) is 13.1 Å². The molecule has 4 rings (SSSR count). The van der Waals surface area contributed by atoms with Gasteiger partial charge in [0.2, 0.25) is 0 Å². The fraction of sp³-hybridized carbons (Fsp3) is 0.929. The molecule has 0 amide bonds. The highest BCUT2D eigenvalue weighted by atomic mass is 15.2. The Hall–Kier alpha value is -0.340. The Bertz CT molecular complexity index is 397. The maximum Gasteiger partial charge on any atom is 0.0169 e. The van der Waals surface area contributed by atoms with Gasteiger partial charge in [-0.05, 0) is 51.4 Å². The average molecular weight is 415 g/mol. The van der Waals surface area contributed by atoms with Crippen LogP contribution in [0.15, 0.2) is 12.2 Å². The Labute approximate surface area is 187 Å². The molecule has 0 bridgehead atoms. The molecular weight excluding hydrogens is 364 g/mol. The molecule has 2 heteroatoms. The predicted octanol–water partition coefficient (Wildman–Crippen LogP) is 7.48. The smallest absolute Gasteiger partial charge is 0.0169 e. The molecule has 4 saturated carbocycles. The summed E-state index contributed by atoms with van der Waals surface area (Å²) in [6.45, 7) is 2.44. The van der Waals surface area contributed by atoms with Gasteiger partial charge in [-0.25, -0.2) is 0 Å². The number of rotatable bonds is 8. The van der Waals surface area contributed by atoms with Crippen molar-refractivity contribution in [3.63, 3.8) is 0 Å². The Morgan fingerprint density at radius 3 is 0.833 bits per heavy atom. The van der Waals surface area contributed by atoms with E-state index in [2.05, 4.69) is 22.0 Å². The van der Waals surface area contributed by atoms with Crippen LogP contribution >= 0.6 is 0 Å². The zero-order valence-electron chi connectivity index (χ0n) is 19.9. The van der Waals surface area contributed by atoms with E-state index in [1.807, 2.05) is 0 Å². The lowest BCUT2D eigenvalue weighted by atomic mass is 9.88. The van der Waals surface area contributed by atoms with E-state index in [-0.39, 0.29) is 0 Å². The summed E-state index contributed by atoms with van der Waals surface area (Å²) in [4.78, 5) is 5.92. The van der Waals surface area contributed by atoms with E-state index in [1.165, 1.54) is 142 Å². The molecule has 0 aromatic rings. The molecule has 0 saturated heterocycles. The second-order valence-electron chi connectivity index (χ2n) is 11.0. The molecule has 0 heterocycles. The molecule has 0 atom stereocenters. The molecule has 4 aliphatic rings. The topological polar surface area (TPSA) is 6.48 Å². The lowest BCUT2D eigenvalue weighted by Crippen LogP contribution is -2.46. The maximum atomic E-state index is 2.96. The molecule has 172 valence electrons. The van der Waals surface area contributed by atoms with Gasteiger partial charge in [-0.2, -0.15) is 0 Å². The first-order valence-corrected chi connectivity index (χ1v) is 14.1. The van der Waals surface area contributed by atoms with E-state index in [0.717, 1.165) is 24.2 Å². The summed E-state index contributed by atoms with van der Waals surface area (Å²) in [5, 5.41) is 0. The molecule has 0 N–H and O–H groups in total. The van der Waals surface area contributed by atoms with Gasteiger partial charge in [0.1, 0.15) is 0 Å². The Balaban J connectivity index is 1.35. The third-order valence-corrected chi connectivity index (χ3v) is 8.97. The van der Waals surface area contributed by atoms with Crippen LogP contribution < -0.4 is 0 Å². The second-order valence-corrected chi connectivity index (χ2v) is 11.0. The highest BCUT2D eigenvalue weighted by Crippen LogP contribution is 2.31. The van der Waals surface area contributed by atoms with Gasteiger partial charge in [0.05, 0.1) is 0 Å². The first-order chi connectivity index (χ1) is 14.9. The number of hydrogen-bond donors (Lipinski definition) is 0. The van der Waals surface area contributed by atoms with Crippen LogP contribution in [0.3, 0.4) is 0 Å². The summed E-state index contributed by atoms with van der Waals surface area (Å²) in [6.07, 6.45) is 34.5. The Kier molecular flexibility index (Phi) is 9.62. The van der Waals surface area contributed by atoms with Gasteiger partial charge < -0.3 is 0 Å². The fourth-order valence-corrected chi connectivity index (χ4v) is 7.24. The van der Waals surface area contributed by atoms with Crippen LogP contribution in [0.2, 0.25) is 0 Å². The van der Waals surface area contributed by atoms with Crippen LogP contribution in [0.25, 0.3) is 0 Å². The molecule has 0 radical (unpaired) electrons. The van der Waals surface area contributed by atoms with E-state index in [1.54, 1.807) is 0 Å². The van der Waals surface area contributed by atoms with Crippen LogP contribution in [0.5, 0.6) is 0 Å². The summed E-state index contributed by atoms with van der Waals surface area (Å²) in [5.74, 6) is 0. The third kappa shape index (κ3) is 6.58. The van der Waals surface area contributed by atoms with Gasteiger partial charge in [0.15, 0.2) is 0 Å². The van der Waals surface area contributed by atoms with Gasteiger partial charge in [-0.15, -0.1) is 0 Å². The quantitative estimate of drug-likeness (QED) is 0.380. The van der Waals surface area contributed by atoms with Crippen LogP contribution in [-0.2, 0) is 0 Å². The van der Waals surface area contributed by atoms with Crippen LogP contribution in [0.1, 0.15) is 128 Å². The highest BCUT2D eigenvalue weighted by Gasteiger charge is 2.29. The standard InChI is InChI=1S/C28H50N2/c1-5-15-25(16-6-1)29(26-17-7-2-8-18-26)23-13-14-24-30(27-19-9-3-10-20-27)28-21-11-4-12-22-28/h13-14,25-28H,1-12,15-24H2/b14-13+. The molecule has 30 heavy (non-hydrogen) atoms. The van der Waals surface area contributed by atoms with Gasteiger partial charge >= 0.3 is 0 Å². The van der Waals surface area contributed by atoms with Gasteiger partial charge in [-0.3, -0.25) is 9.80 Å². The lowest BCUT2D eigenvalue weighted by Gasteiger charge is -2.42. The van der Waals surface area contributed by atoms with Gasteiger partial charge in [0, 0.05) is 37.3 Å². The molecule has 0 aromatic carbocycles. The van der Waals surface area contributed by atoms with Crippen molar-refractivity contribution in [1.82, 2.24) is 9.80 Å². The summed E-state index contributed by atoms with van der Waals surface area (Å²) >= 11 is 0. The van der Waals surface area contributed by atoms with Crippen LogP contribution in [0, 0.1) is 0 Å². The normalized spacial score (nSPS) is 26.9. The van der Waals surface area contributed by atoms with Gasteiger partial charge in [-0.1, -0.05) is 89.2 Å². The summed E-state index contributed by atoms with van der Waals surface area (Å²) in [7, 11) is 0. The Morgan fingerprint density at radius 1 is 0.367 bits per heavy atom. The minimum Gasteiger partial charge on any atom is -0.294 e. The molecule has 4 aliphatic carbocycles. The SMILES string of the molecule is C(=C\CN(C1CCCCC1)C1CCCCC1)/CN(C1CCCCC1)C1CCCCC1. The van der Waals surface area contributed by atoms with Crippen molar-refractivity contribution in [3.8, 4) is 0 Å². The van der Waals surface area contributed by atoms with Crippen LogP contribution in [-0.4, -0.2) is 47.1 Å². The second kappa shape index (κ2) is 12.6. The van der Waals surface area contributed by atoms with Crippen molar-refractivity contribution in [2.45, 2.75) is 153 Å². The monoisotopic (exact) mass is 414 g/mol. The van der Waals surface area contributed by atoms with E-state index < -0.39 is 0 Å². The van der Waals surface area contributed by atoms with Gasteiger partial charge in [0.25, 0.3) is 0 Å². The van der Waals surface area contributed by atoms with Crippen molar-refractivity contribution in [2.24, 2.45) is 0 Å². The summed E-state index contributed by atoms with van der Waals surface area (Å²) in [5.41, 5.74) is 0. The largest absolute Gasteiger partial charge is 0.294 e. The summed E-state index contributed by atoms with van der Waals surface area (Å²) in [6, 6.07) is 3.50. The molecule has 0 aromatic heterocycles. The first-order valence-electron chi connectivity index (χ1n) is 14.1. The minimum absolute atomic E-state index is 0.874. The van der Waals surface area contributed by atoms with E-state index in [9.17, 15) is 0 Å². The molecular formula is C28H50N2. The van der Waals surface area contributed by atoms with Crippen molar-refractivity contribution in [3.05, 3.63) is 12.2 Å². The minimum atomic E-state index is 0.874. The molecule has 0 spiro atoms. The summed E-state index contributed by atoms with van der Waals surface area (Å²) < 4.78 is 0. The highest BCUT2D eigenvalue weighted by molar-refractivity contribution is 4.95. The van der Waals surface area contributed by atoms with Crippen LogP contribution in [0.4, 0.5) is 0 Å². The number of hydrogen-bond acceptors (Lipinski definition) is 2. The van der Waals surface area contributed by atoms with E-state index in [0.29, 0.717) is 0 Å². The average Bonchev–Trinajstić information content (AvgIpc) is 2.84. The van der Waals surface area contributed by atoms with E-state index in [4.69, 9.17) is 0 Å². The molecule has 0 aliphatic heterocycles. The predicted molar refractivity (Wildman–Crippen MR) is 130 cm³/mol. The molecule has 4 fully saturated rings. The molecule has 2 nitrogen and oxygen atoms in total. The maximum absolute atomic E-state index is 2.96. The first kappa shape index (κ1) is 22.8. The zero-order chi connectivity index (χ0) is 20.4. The molecule has 0 unspecified atom stereocenters. The van der Waals surface area contributed by atoms with Crippen molar-refractivity contribution < 1.29 is 0 Å². The van der Waals surface area contributed by atoms with E-state index >= 15 is 0 Å².